The van der Waals surface area contributed by atoms with E-state index in [-0.39, 0.29) is 6.03 Å². The molecule has 0 aliphatic heterocycles. The molecule has 1 rings (SSSR count). The van der Waals surface area contributed by atoms with Gasteiger partial charge in [0.25, 0.3) is 0 Å². The van der Waals surface area contributed by atoms with Crippen molar-refractivity contribution in [1.29, 1.82) is 0 Å². The second-order valence-electron chi connectivity index (χ2n) is 5.87. The third-order valence-electron chi connectivity index (χ3n) is 3.96. The summed E-state index contributed by atoms with van der Waals surface area (Å²) in [5.41, 5.74) is 1.56. The zero-order valence-corrected chi connectivity index (χ0v) is 17.5. The lowest BCUT2D eigenvalue weighted by Crippen LogP contribution is -2.29. The number of methoxy groups -OCH3 is 1. The van der Waals surface area contributed by atoms with E-state index in [1.165, 1.54) is 13.2 Å². The van der Waals surface area contributed by atoms with Gasteiger partial charge >= 0.3 is 12.0 Å². The Hall–Kier alpha value is -1.99. The highest BCUT2D eigenvalue weighted by molar-refractivity contribution is 7.99. The van der Waals surface area contributed by atoms with Gasteiger partial charge in [-0.1, -0.05) is 26.8 Å². The number of nitrogens with zero attached hydrogens (tertiary/aromatic N) is 1. The van der Waals surface area contributed by atoms with Gasteiger partial charge in [-0.15, -0.1) is 11.8 Å². The van der Waals surface area contributed by atoms with E-state index in [2.05, 4.69) is 34.1 Å². The number of hydrogen-bond acceptors (Lipinski definition) is 5. The zero-order chi connectivity index (χ0) is 20.1. The van der Waals surface area contributed by atoms with Crippen LogP contribution in [0.5, 0.6) is 0 Å². The summed E-state index contributed by atoms with van der Waals surface area (Å²) < 4.78 is 4.62. The van der Waals surface area contributed by atoms with Crippen molar-refractivity contribution in [2.24, 2.45) is 0 Å². The van der Waals surface area contributed by atoms with Crippen molar-refractivity contribution in [3.63, 3.8) is 0 Å². The predicted octanol–water partition coefficient (Wildman–Crippen LogP) is 3.84. The number of rotatable bonds is 11. The molecule has 1 aromatic carbocycles. The van der Waals surface area contributed by atoms with Crippen LogP contribution in [0.25, 0.3) is 6.08 Å². The summed E-state index contributed by atoms with van der Waals surface area (Å²) in [4.78, 5) is 26.8. The lowest BCUT2D eigenvalue weighted by atomic mass is 10.2. The Morgan fingerprint density at radius 3 is 2.59 bits per heavy atom. The Kier molecular flexibility index (Phi) is 11.3. The van der Waals surface area contributed by atoms with Crippen LogP contribution in [0, 0.1) is 0 Å². The van der Waals surface area contributed by atoms with E-state index in [0.29, 0.717) is 6.54 Å². The predicted molar refractivity (Wildman–Crippen MR) is 113 cm³/mol. The highest BCUT2D eigenvalue weighted by Gasteiger charge is 2.09. The smallest absolute Gasteiger partial charge is 0.330 e. The first kappa shape index (κ1) is 23.0. The van der Waals surface area contributed by atoms with Crippen molar-refractivity contribution >= 4 is 35.5 Å². The molecule has 0 unspecified atom stereocenters. The first-order chi connectivity index (χ1) is 13.0. The fourth-order valence-electron chi connectivity index (χ4n) is 2.34. The van der Waals surface area contributed by atoms with E-state index in [9.17, 15) is 9.59 Å². The van der Waals surface area contributed by atoms with Gasteiger partial charge in [-0.3, -0.25) is 0 Å². The van der Waals surface area contributed by atoms with Crippen LogP contribution in [-0.2, 0) is 9.53 Å². The van der Waals surface area contributed by atoms with Gasteiger partial charge in [-0.05, 0) is 43.3 Å². The normalized spacial score (nSPS) is 11.0. The van der Waals surface area contributed by atoms with Gasteiger partial charge < -0.3 is 20.3 Å². The topological polar surface area (TPSA) is 70.7 Å². The molecule has 6 nitrogen and oxygen atoms in total. The summed E-state index contributed by atoms with van der Waals surface area (Å²) in [5, 5.41) is 5.74. The maximum Gasteiger partial charge on any atom is 0.330 e. The second-order valence-corrected chi connectivity index (χ2v) is 7.01. The Morgan fingerprint density at radius 1 is 1.22 bits per heavy atom. The van der Waals surface area contributed by atoms with Crippen molar-refractivity contribution in [3.8, 4) is 0 Å². The number of ether oxygens (including phenoxy) is 1. The zero-order valence-electron chi connectivity index (χ0n) is 16.7. The molecule has 2 N–H and O–H groups in total. The maximum atomic E-state index is 12.1. The fourth-order valence-corrected chi connectivity index (χ4v) is 3.34. The Balaban J connectivity index is 2.89. The van der Waals surface area contributed by atoms with E-state index in [0.717, 1.165) is 48.0 Å². The Bertz CT molecular complexity index is 631. The summed E-state index contributed by atoms with van der Waals surface area (Å²) in [6.07, 6.45) is 3.91. The van der Waals surface area contributed by atoms with Crippen LogP contribution < -0.4 is 10.6 Å². The molecule has 0 aliphatic rings. The molecule has 0 radical (unpaired) electrons. The number of carbonyl (C=O) groups is 2. The molecule has 0 aliphatic carbocycles. The third-order valence-corrected chi connectivity index (χ3v) is 5.01. The van der Waals surface area contributed by atoms with E-state index >= 15 is 0 Å². The van der Waals surface area contributed by atoms with E-state index in [1.54, 1.807) is 17.8 Å². The molecule has 0 heterocycles. The van der Waals surface area contributed by atoms with Crippen molar-refractivity contribution < 1.29 is 14.3 Å². The summed E-state index contributed by atoms with van der Waals surface area (Å²) in [6, 6.07) is 5.54. The van der Waals surface area contributed by atoms with E-state index in [4.69, 9.17) is 0 Å². The molecule has 150 valence electrons. The highest BCUT2D eigenvalue weighted by Crippen LogP contribution is 2.29. The molecule has 0 bridgehead atoms. The molecule has 0 saturated carbocycles. The largest absolute Gasteiger partial charge is 0.466 e. The van der Waals surface area contributed by atoms with Crippen molar-refractivity contribution in [1.82, 2.24) is 10.2 Å². The number of urea groups is 1. The number of thioether (sulfide) groups is 1. The SMILES string of the molecule is CCCNC(=O)Nc1cc(/C=C/C(=O)OC)ccc1SCCN(CC)CC. The number of anilines is 1. The number of esters is 1. The average Bonchev–Trinajstić information content (AvgIpc) is 2.68. The van der Waals surface area contributed by atoms with Gasteiger partial charge in [0.2, 0.25) is 0 Å². The summed E-state index contributed by atoms with van der Waals surface area (Å²) in [6.45, 7) is 9.98. The monoisotopic (exact) mass is 393 g/mol. The lowest BCUT2D eigenvalue weighted by Gasteiger charge is -2.18. The standard InChI is InChI=1S/C20H31N3O3S/c1-5-12-21-20(25)22-17-15-16(9-11-19(24)26-4)8-10-18(17)27-14-13-23(6-2)7-3/h8-11,15H,5-7,12-14H2,1-4H3,(H2,21,22,25)/b11-9+. The van der Waals surface area contributed by atoms with Crippen LogP contribution in [0.1, 0.15) is 32.8 Å². The summed E-state index contributed by atoms with van der Waals surface area (Å²) in [5.74, 6) is 0.521. The maximum absolute atomic E-state index is 12.1. The van der Waals surface area contributed by atoms with Crippen LogP contribution in [-0.4, -0.2) is 55.9 Å². The van der Waals surface area contributed by atoms with Crippen molar-refractivity contribution in [3.05, 3.63) is 29.8 Å². The molecule has 0 aromatic heterocycles. The number of benzene rings is 1. The van der Waals surface area contributed by atoms with Gasteiger partial charge in [0.1, 0.15) is 0 Å². The van der Waals surface area contributed by atoms with Crippen LogP contribution in [0.4, 0.5) is 10.5 Å². The van der Waals surface area contributed by atoms with Gasteiger partial charge in [0.15, 0.2) is 0 Å². The first-order valence-corrected chi connectivity index (χ1v) is 10.3. The molecule has 0 atom stereocenters. The lowest BCUT2D eigenvalue weighted by molar-refractivity contribution is -0.134. The van der Waals surface area contributed by atoms with Crippen LogP contribution >= 0.6 is 11.8 Å². The Morgan fingerprint density at radius 2 is 1.96 bits per heavy atom. The Labute approximate surface area is 166 Å². The van der Waals surface area contributed by atoms with Gasteiger partial charge in [0, 0.05) is 29.8 Å². The number of nitrogens with one attached hydrogen (secondary N) is 2. The quantitative estimate of drug-likeness (QED) is 0.340. The minimum absolute atomic E-state index is 0.225. The van der Waals surface area contributed by atoms with Gasteiger partial charge in [-0.2, -0.15) is 0 Å². The average molecular weight is 394 g/mol. The molecular formula is C20H31N3O3S. The first-order valence-electron chi connectivity index (χ1n) is 9.34. The molecule has 1 aromatic rings. The minimum Gasteiger partial charge on any atom is -0.466 e. The van der Waals surface area contributed by atoms with Crippen molar-refractivity contribution in [2.45, 2.75) is 32.1 Å². The van der Waals surface area contributed by atoms with Crippen LogP contribution in [0.2, 0.25) is 0 Å². The second kappa shape index (κ2) is 13.2. The minimum atomic E-state index is -0.414. The number of amides is 2. The molecule has 2 amide bonds. The van der Waals surface area contributed by atoms with Gasteiger partial charge in [0.05, 0.1) is 12.8 Å². The highest BCUT2D eigenvalue weighted by atomic mass is 32.2. The molecule has 0 fully saturated rings. The fraction of sp³-hybridized carbons (Fsp3) is 0.500. The molecule has 0 spiro atoms. The number of carbonyl (C=O) groups excluding carboxylic acids is 2. The molecule has 7 heteroatoms. The van der Waals surface area contributed by atoms with Gasteiger partial charge in [-0.25, -0.2) is 9.59 Å². The van der Waals surface area contributed by atoms with Crippen molar-refractivity contribution in [2.75, 3.05) is 44.4 Å². The summed E-state index contributed by atoms with van der Waals surface area (Å²) >= 11 is 1.71. The van der Waals surface area contributed by atoms with Crippen LogP contribution in [0.15, 0.2) is 29.2 Å². The third kappa shape index (κ3) is 8.97. The molecular weight excluding hydrogens is 362 g/mol. The van der Waals surface area contributed by atoms with E-state index in [1.807, 2.05) is 25.1 Å². The van der Waals surface area contributed by atoms with Crippen LogP contribution in [0.3, 0.4) is 0 Å². The molecule has 27 heavy (non-hydrogen) atoms. The summed E-state index contributed by atoms with van der Waals surface area (Å²) in [7, 11) is 1.34. The molecule has 0 saturated heterocycles. The van der Waals surface area contributed by atoms with E-state index < -0.39 is 5.97 Å². The number of hydrogen-bond donors (Lipinski definition) is 2.